The fourth-order valence-corrected chi connectivity index (χ4v) is 1.85. The molecule has 2 heteroatoms. The van der Waals surface area contributed by atoms with Gasteiger partial charge in [-0.15, -0.1) is 0 Å². The van der Waals surface area contributed by atoms with Gasteiger partial charge in [0, 0.05) is 29.4 Å². The van der Waals surface area contributed by atoms with E-state index in [0.29, 0.717) is 0 Å². The van der Waals surface area contributed by atoms with E-state index < -0.39 is 0 Å². The molecule has 1 aliphatic rings. The minimum Gasteiger partial charge on any atom is -0.493 e. The van der Waals surface area contributed by atoms with Gasteiger partial charge >= 0.3 is 0 Å². The number of pyridine rings is 1. The molecule has 70 valence electrons. The first-order valence-electron chi connectivity index (χ1n) is 4.93. The van der Waals surface area contributed by atoms with E-state index in [1.807, 2.05) is 6.20 Å². The lowest BCUT2D eigenvalue weighted by Gasteiger charge is -2.07. The summed E-state index contributed by atoms with van der Waals surface area (Å²) in [6.45, 7) is 5.07. The van der Waals surface area contributed by atoms with Crippen molar-refractivity contribution in [3.8, 4) is 5.75 Å². The number of hydrogen-bond donors (Lipinski definition) is 0. The van der Waals surface area contributed by atoms with E-state index in [0.717, 1.165) is 37.3 Å². The lowest BCUT2D eigenvalue weighted by molar-refractivity contribution is 0.353. The summed E-state index contributed by atoms with van der Waals surface area (Å²) in [7, 11) is 0. The van der Waals surface area contributed by atoms with E-state index in [1.54, 1.807) is 0 Å². The quantitative estimate of drug-likeness (QED) is 0.691. The maximum absolute atomic E-state index is 5.62. The van der Waals surface area contributed by atoms with E-state index in [1.165, 1.54) is 11.1 Å². The molecule has 0 atom stereocenters. The largest absolute Gasteiger partial charge is 0.493 e. The fourth-order valence-electron chi connectivity index (χ4n) is 1.85. The van der Waals surface area contributed by atoms with Crippen molar-refractivity contribution in [2.24, 2.45) is 0 Å². The Balaban J connectivity index is 2.43. The summed E-state index contributed by atoms with van der Waals surface area (Å²) >= 11 is 0. The monoisotopic (exact) mass is 177 g/mol. The van der Waals surface area contributed by atoms with E-state index in [-0.39, 0.29) is 0 Å². The molecule has 0 aromatic carbocycles. The molecule has 0 amide bonds. The highest BCUT2D eigenvalue weighted by molar-refractivity contribution is 5.44. The highest BCUT2D eigenvalue weighted by Crippen LogP contribution is 2.31. The van der Waals surface area contributed by atoms with Crippen LogP contribution in [0.25, 0.3) is 0 Å². The second-order valence-electron chi connectivity index (χ2n) is 3.52. The van der Waals surface area contributed by atoms with Crippen molar-refractivity contribution >= 4 is 0 Å². The molecule has 0 spiro atoms. The van der Waals surface area contributed by atoms with Gasteiger partial charge in [-0.3, -0.25) is 4.98 Å². The van der Waals surface area contributed by atoms with Crippen LogP contribution in [0.1, 0.15) is 30.2 Å². The number of ether oxygens (including phenoxy) is 1. The summed E-state index contributed by atoms with van der Waals surface area (Å²) in [5.41, 5.74) is 3.74. The van der Waals surface area contributed by atoms with E-state index in [4.69, 9.17) is 4.74 Å². The first-order valence-corrected chi connectivity index (χ1v) is 4.93. The Morgan fingerprint density at radius 1 is 1.54 bits per heavy atom. The third-order valence-corrected chi connectivity index (χ3v) is 2.53. The van der Waals surface area contributed by atoms with Crippen LogP contribution in [0, 0.1) is 6.92 Å². The molecule has 0 N–H and O–H groups in total. The second-order valence-corrected chi connectivity index (χ2v) is 3.52. The minimum absolute atomic E-state index is 0.832. The predicted molar refractivity (Wildman–Crippen MR) is 52.2 cm³/mol. The molecule has 0 fully saturated rings. The zero-order valence-corrected chi connectivity index (χ0v) is 8.26. The zero-order chi connectivity index (χ0) is 9.26. The molecule has 1 aromatic rings. The first kappa shape index (κ1) is 8.54. The van der Waals surface area contributed by atoms with Crippen molar-refractivity contribution in [1.82, 2.24) is 4.98 Å². The molecule has 1 aliphatic heterocycles. The topological polar surface area (TPSA) is 22.1 Å². The summed E-state index contributed by atoms with van der Waals surface area (Å²) in [6.07, 6.45) is 5.23. The number of hydrogen-bond acceptors (Lipinski definition) is 2. The first-order chi connectivity index (χ1) is 6.33. The number of fused-ring (bicyclic) bond motifs is 1. The smallest absolute Gasteiger partial charge is 0.129 e. The predicted octanol–water partition coefficient (Wildman–Crippen LogP) is 2.28. The van der Waals surface area contributed by atoms with Gasteiger partial charge in [-0.1, -0.05) is 13.3 Å². The molecule has 13 heavy (non-hydrogen) atoms. The molecule has 0 saturated carbocycles. The van der Waals surface area contributed by atoms with Crippen LogP contribution in [0.15, 0.2) is 6.20 Å². The Labute approximate surface area is 78.9 Å². The normalized spacial score (nSPS) is 14.0. The summed E-state index contributed by atoms with van der Waals surface area (Å²) < 4.78 is 5.62. The second kappa shape index (κ2) is 3.36. The summed E-state index contributed by atoms with van der Waals surface area (Å²) in [5, 5.41) is 0. The molecule has 0 bridgehead atoms. The average Bonchev–Trinajstić information content (AvgIpc) is 2.59. The molecule has 1 aromatic heterocycles. The molecule has 2 rings (SSSR count). The lowest BCUT2D eigenvalue weighted by atomic mass is 10.1. The third-order valence-electron chi connectivity index (χ3n) is 2.53. The van der Waals surface area contributed by atoms with Gasteiger partial charge in [0.25, 0.3) is 0 Å². The number of rotatable bonds is 2. The molecule has 0 radical (unpaired) electrons. The van der Waals surface area contributed by atoms with Gasteiger partial charge in [-0.05, 0) is 13.3 Å². The van der Waals surface area contributed by atoms with E-state index in [2.05, 4.69) is 18.8 Å². The highest BCUT2D eigenvalue weighted by atomic mass is 16.5. The molecular formula is C11H15NO. The average molecular weight is 177 g/mol. The molecule has 0 unspecified atom stereocenters. The number of nitrogens with zero attached hydrogens (tertiary/aromatic N) is 1. The van der Waals surface area contributed by atoms with Crippen LogP contribution in [0.2, 0.25) is 0 Å². The zero-order valence-electron chi connectivity index (χ0n) is 8.26. The Bertz CT molecular complexity index is 320. The third kappa shape index (κ3) is 1.41. The van der Waals surface area contributed by atoms with Crippen molar-refractivity contribution in [2.45, 2.75) is 33.1 Å². The van der Waals surface area contributed by atoms with Crippen molar-refractivity contribution in [1.29, 1.82) is 0 Å². The van der Waals surface area contributed by atoms with E-state index >= 15 is 0 Å². The van der Waals surface area contributed by atoms with Crippen LogP contribution in [-0.4, -0.2) is 11.6 Å². The summed E-state index contributed by atoms with van der Waals surface area (Å²) in [4.78, 5) is 4.39. The van der Waals surface area contributed by atoms with Crippen LogP contribution >= 0.6 is 0 Å². The standard InChI is InChI=1S/C11H15NO/c1-3-4-9-7-12-8(2)10-5-6-13-11(9)10/h7H,3-6H2,1-2H3. The van der Waals surface area contributed by atoms with Crippen LogP contribution < -0.4 is 4.74 Å². The number of aryl methyl sites for hydroxylation is 2. The summed E-state index contributed by atoms with van der Waals surface area (Å²) in [6, 6.07) is 0. The van der Waals surface area contributed by atoms with Gasteiger partial charge in [0.2, 0.25) is 0 Å². The molecule has 2 nitrogen and oxygen atoms in total. The maximum Gasteiger partial charge on any atom is 0.129 e. The van der Waals surface area contributed by atoms with Gasteiger partial charge in [0.15, 0.2) is 0 Å². The van der Waals surface area contributed by atoms with E-state index in [9.17, 15) is 0 Å². The van der Waals surface area contributed by atoms with Gasteiger partial charge < -0.3 is 4.74 Å². The highest BCUT2D eigenvalue weighted by Gasteiger charge is 2.18. The Kier molecular flexibility index (Phi) is 2.21. The SMILES string of the molecule is CCCc1cnc(C)c2c1OCC2. The van der Waals surface area contributed by atoms with Crippen LogP contribution in [0.3, 0.4) is 0 Å². The maximum atomic E-state index is 5.62. The Morgan fingerprint density at radius 3 is 3.15 bits per heavy atom. The van der Waals surface area contributed by atoms with Crippen molar-refractivity contribution in [3.63, 3.8) is 0 Å². The molecule has 0 aliphatic carbocycles. The molecular weight excluding hydrogens is 162 g/mol. The Hall–Kier alpha value is -1.05. The minimum atomic E-state index is 0.832. The fraction of sp³-hybridized carbons (Fsp3) is 0.545. The van der Waals surface area contributed by atoms with Gasteiger partial charge in [0.05, 0.1) is 6.61 Å². The van der Waals surface area contributed by atoms with Crippen molar-refractivity contribution < 1.29 is 4.74 Å². The van der Waals surface area contributed by atoms with Gasteiger partial charge in [-0.25, -0.2) is 0 Å². The number of aromatic nitrogens is 1. The Morgan fingerprint density at radius 2 is 2.38 bits per heavy atom. The van der Waals surface area contributed by atoms with Crippen LogP contribution in [-0.2, 0) is 12.8 Å². The van der Waals surface area contributed by atoms with Crippen LogP contribution in [0.4, 0.5) is 0 Å². The molecule has 2 heterocycles. The van der Waals surface area contributed by atoms with Crippen molar-refractivity contribution in [2.75, 3.05) is 6.61 Å². The van der Waals surface area contributed by atoms with Crippen LogP contribution in [0.5, 0.6) is 5.75 Å². The van der Waals surface area contributed by atoms with Crippen molar-refractivity contribution in [3.05, 3.63) is 23.0 Å². The summed E-state index contributed by atoms with van der Waals surface area (Å²) in [5.74, 6) is 1.12. The van der Waals surface area contributed by atoms with Gasteiger partial charge in [0.1, 0.15) is 5.75 Å². The van der Waals surface area contributed by atoms with Gasteiger partial charge in [-0.2, -0.15) is 0 Å². The lowest BCUT2D eigenvalue weighted by Crippen LogP contribution is -1.94. The molecule has 0 saturated heterocycles.